The van der Waals surface area contributed by atoms with Gasteiger partial charge in [0, 0.05) is 29.6 Å². The Balaban J connectivity index is 1.56. The number of nitrogens with one attached hydrogen (secondary N) is 3. The molecule has 4 N–H and O–H groups in total. The van der Waals surface area contributed by atoms with Gasteiger partial charge in [-0.15, -0.1) is 0 Å². The number of rotatable bonds is 8. The fourth-order valence-electron chi connectivity index (χ4n) is 4.91. The topological polar surface area (TPSA) is 121 Å². The van der Waals surface area contributed by atoms with Crippen molar-refractivity contribution in [3.05, 3.63) is 84.1 Å². The number of aliphatic hydroxyl groups excluding tert-OH is 1. The number of carbonyl (C=O) groups excluding carboxylic acids is 3. The quantitative estimate of drug-likeness (QED) is 0.262. The molecule has 4 rings (SSSR count). The van der Waals surface area contributed by atoms with Crippen molar-refractivity contribution >= 4 is 28.7 Å². The van der Waals surface area contributed by atoms with Crippen LogP contribution in [0.5, 0.6) is 0 Å². The largest absolute Gasteiger partial charge is 0.463 e. The molecule has 2 heterocycles. The van der Waals surface area contributed by atoms with Crippen molar-refractivity contribution < 1.29 is 24.2 Å². The number of fused-ring (bicyclic) bond motifs is 1. The minimum Gasteiger partial charge on any atom is -0.463 e. The standard InChI is InChI=1S/C31H37N3O5/c1-21(19-35)33-29(36)17-23-11-5-6-12-24(15-22-9-3-2-4-10-22)31(38)39-20-26(34-30(23)37)16-25-18-32-28-14-8-7-13-27(25)28/h2-10,13-14,18,21,23-24,26,32,35H,11-12,15-17,19-20H2,1H3,(H,33,36)(H,34,37). The average Bonchev–Trinajstić information content (AvgIpc) is 3.35. The van der Waals surface area contributed by atoms with Crippen LogP contribution in [0.15, 0.2) is 72.9 Å². The number of amides is 2. The second-order valence-electron chi connectivity index (χ2n) is 10.3. The molecule has 0 saturated heterocycles. The van der Waals surface area contributed by atoms with E-state index in [1.54, 1.807) is 6.92 Å². The van der Waals surface area contributed by atoms with Crippen molar-refractivity contribution in [2.24, 2.45) is 11.8 Å². The Kier molecular flexibility index (Phi) is 9.91. The van der Waals surface area contributed by atoms with Crippen molar-refractivity contribution in [2.45, 2.75) is 51.1 Å². The van der Waals surface area contributed by atoms with Gasteiger partial charge in [0.1, 0.15) is 6.61 Å². The van der Waals surface area contributed by atoms with Crippen LogP contribution in [-0.4, -0.2) is 53.2 Å². The molecule has 8 heteroatoms. The summed E-state index contributed by atoms with van der Waals surface area (Å²) >= 11 is 0. The minimum atomic E-state index is -0.597. The van der Waals surface area contributed by atoms with Gasteiger partial charge in [-0.2, -0.15) is 0 Å². The Labute approximate surface area is 228 Å². The van der Waals surface area contributed by atoms with E-state index < -0.39 is 18.0 Å². The van der Waals surface area contributed by atoms with E-state index >= 15 is 0 Å². The molecule has 39 heavy (non-hydrogen) atoms. The number of para-hydroxylation sites is 1. The van der Waals surface area contributed by atoms with Gasteiger partial charge in [0.2, 0.25) is 11.8 Å². The Bertz CT molecular complexity index is 1290. The Hall–Kier alpha value is -3.91. The number of carbonyl (C=O) groups is 3. The lowest BCUT2D eigenvalue weighted by molar-refractivity contribution is -0.150. The van der Waals surface area contributed by atoms with E-state index in [0.29, 0.717) is 25.7 Å². The van der Waals surface area contributed by atoms with Crippen LogP contribution in [0.1, 0.15) is 37.3 Å². The number of esters is 1. The van der Waals surface area contributed by atoms with E-state index in [1.807, 2.05) is 72.9 Å². The predicted molar refractivity (Wildman–Crippen MR) is 150 cm³/mol. The molecule has 4 unspecified atom stereocenters. The van der Waals surface area contributed by atoms with E-state index in [4.69, 9.17) is 4.74 Å². The maximum Gasteiger partial charge on any atom is 0.309 e. The number of aromatic amines is 1. The molecule has 8 nitrogen and oxygen atoms in total. The second kappa shape index (κ2) is 13.8. The summed E-state index contributed by atoms with van der Waals surface area (Å²) in [6.07, 6.45) is 7.52. The third-order valence-corrected chi connectivity index (χ3v) is 7.06. The minimum absolute atomic E-state index is 0.00640. The maximum absolute atomic E-state index is 13.4. The number of hydrogen-bond acceptors (Lipinski definition) is 5. The third kappa shape index (κ3) is 8.04. The average molecular weight is 532 g/mol. The highest BCUT2D eigenvalue weighted by Gasteiger charge is 2.27. The van der Waals surface area contributed by atoms with Crippen LogP contribution in [0.4, 0.5) is 0 Å². The smallest absolute Gasteiger partial charge is 0.309 e. The summed E-state index contributed by atoms with van der Waals surface area (Å²) in [4.78, 5) is 42.4. The lowest BCUT2D eigenvalue weighted by atomic mass is 9.94. The third-order valence-electron chi connectivity index (χ3n) is 7.06. The van der Waals surface area contributed by atoms with Gasteiger partial charge in [0.15, 0.2) is 0 Å². The summed E-state index contributed by atoms with van der Waals surface area (Å²) in [5.41, 5.74) is 3.05. The molecule has 1 aliphatic heterocycles. The van der Waals surface area contributed by atoms with Crippen molar-refractivity contribution in [2.75, 3.05) is 13.2 Å². The molecule has 2 amide bonds. The molecule has 0 aliphatic carbocycles. The zero-order valence-electron chi connectivity index (χ0n) is 22.3. The van der Waals surface area contributed by atoms with Crippen molar-refractivity contribution in [1.29, 1.82) is 0 Å². The lowest BCUT2D eigenvalue weighted by Gasteiger charge is -2.24. The molecule has 4 atom stereocenters. The van der Waals surface area contributed by atoms with Crippen molar-refractivity contribution in [3.63, 3.8) is 0 Å². The van der Waals surface area contributed by atoms with E-state index in [0.717, 1.165) is 22.0 Å². The maximum atomic E-state index is 13.4. The molecule has 0 saturated carbocycles. The number of benzene rings is 2. The van der Waals surface area contributed by atoms with Crippen LogP contribution < -0.4 is 10.6 Å². The van der Waals surface area contributed by atoms with Gasteiger partial charge in [-0.05, 0) is 49.8 Å². The summed E-state index contributed by atoms with van der Waals surface area (Å²) in [7, 11) is 0. The van der Waals surface area contributed by atoms with Gasteiger partial charge < -0.3 is 25.5 Å². The first-order valence-corrected chi connectivity index (χ1v) is 13.5. The molecule has 0 fully saturated rings. The van der Waals surface area contributed by atoms with E-state index in [2.05, 4.69) is 15.6 Å². The number of ether oxygens (including phenoxy) is 1. The fraction of sp³-hybridized carbons (Fsp3) is 0.387. The van der Waals surface area contributed by atoms with Gasteiger partial charge in [-0.1, -0.05) is 60.7 Å². The Morgan fingerprint density at radius 1 is 1.03 bits per heavy atom. The molecule has 1 aromatic heterocycles. The summed E-state index contributed by atoms with van der Waals surface area (Å²) < 4.78 is 5.80. The highest BCUT2D eigenvalue weighted by atomic mass is 16.5. The van der Waals surface area contributed by atoms with Crippen LogP contribution in [0.3, 0.4) is 0 Å². The number of aromatic nitrogens is 1. The number of H-pyrrole nitrogens is 1. The first kappa shape index (κ1) is 28.1. The molecule has 2 aromatic carbocycles. The van der Waals surface area contributed by atoms with Gasteiger partial charge in [0.05, 0.1) is 24.5 Å². The molecular weight excluding hydrogens is 494 g/mol. The molecule has 206 valence electrons. The normalized spacial score (nSPS) is 21.3. The second-order valence-corrected chi connectivity index (χ2v) is 10.3. The summed E-state index contributed by atoms with van der Waals surface area (Å²) in [5, 5.41) is 16.1. The molecular formula is C31H37N3O5. The molecule has 1 aliphatic rings. The van der Waals surface area contributed by atoms with Gasteiger partial charge in [-0.3, -0.25) is 14.4 Å². The first-order chi connectivity index (χ1) is 18.9. The van der Waals surface area contributed by atoms with E-state index in [9.17, 15) is 19.5 Å². The Morgan fingerprint density at radius 3 is 2.51 bits per heavy atom. The van der Waals surface area contributed by atoms with Crippen LogP contribution in [0.2, 0.25) is 0 Å². The van der Waals surface area contributed by atoms with Crippen molar-refractivity contribution in [3.8, 4) is 0 Å². The predicted octanol–water partition coefficient (Wildman–Crippen LogP) is 3.45. The zero-order valence-corrected chi connectivity index (χ0v) is 22.3. The molecule has 3 aromatic rings. The highest BCUT2D eigenvalue weighted by Crippen LogP contribution is 2.22. The van der Waals surface area contributed by atoms with Crippen LogP contribution in [0.25, 0.3) is 10.9 Å². The summed E-state index contributed by atoms with van der Waals surface area (Å²) in [6.45, 7) is 1.56. The van der Waals surface area contributed by atoms with E-state index in [-0.39, 0.29) is 43.3 Å². The molecule has 0 bridgehead atoms. The Morgan fingerprint density at radius 2 is 1.74 bits per heavy atom. The van der Waals surface area contributed by atoms with Crippen LogP contribution in [0, 0.1) is 11.8 Å². The van der Waals surface area contributed by atoms with Gasteiger partial charge >= 0.3 is 5.97 Å². The number of hydrogen-bond donors (Lipinski definition) is 4. The number of cyclic esters (lactones) is 1. The zero-order chi connectivity index (χ0) is 27.6. The van der Waals surface area contributed by atoms with Crippen LogP contribution in [-0.2, 0) is 32.0 Å². The lowest BCUT2D eigenvalue weighted by Crippen LogP contribution is -2.45. The summed E-state index contributed by atoms with van der Waals surface area (Å²) in [5.74, 6) is -1.82. The first-order valence-electron chi connectivity index (χ1n) is 13.5. The molecule has 0 spiro atoms. The van der Waals surface area contributed by atoms with Gasteiger partial charge in [0.25, 0.3) is 0 Å². The van der Waals surface area contributed by atoms with Crippen LogP contribution >= 0.6 is 0 Å². The van der Waals surface area contributed by atoms with Crippen molar-refractivity contribution in [1.82, 2.24) is 15.6 Å². The fourth-order valence-corrected chi connectivity index (χ4v) is 4.91. The molecule has 0 radical (unpaired) electrons. The number of aliphatic hydroxyl groups is 1. The monoisotopic (exact) mass is 531 g/mol. The summed E-state index contributed by atoms with van der Waals surface area (Å²) in [6, 6.07) is 16.9. The SMILES string of the molecule is CC(CO)NC(=O)CC1CC=CCC(Cc2ccccc2)C(=O)OCC(Cc2c[nH]c3ccccc23)NC1=O. The van der Waals surface area contributed by atoms with E-state index in [1.165, 1.54) is 0 Å². The number of allylic oxidation sites excluding steroid dienone is 2. The van der Waals surface area contributed by atoms with Gasteiger partial charge in [-0.25, -0.2) is 0 Å². The highest BCUT2D eigenvalue weighted by molar-refractivity contribution is 5.87.